The molecule has 0 aliphatic rings. The Kier molecular flexibility index (Phi) is 7.20. The number of amides is 1. The summed E-state index contributed by atoms with van der Waals surface area (Å²) in [5.41, 5.74) is 1.35. The largest absolute Gasteiger partial charge is 0.344 e. The van der Waals surface area contributed by atoms with Crippen LogP contribution in [-0.4, -0.2) is 22.5 Å². The van der Waals surface area contributed by atoms with Crippen molar-refractivity contribution in [2.45, 2.75) is 13.0 Å². The van der Waals surface area contributed by atoms with Gasteiger partial charge >= 0.3 is 0 Å². The standard InChI is InChI=1S/C18H15Cl2N3OS/c19-15-9-14(10-16(20)11-15)17(24)22-18(25)23(8-4-7-21)12-13-5-2-1-3-6-13/h1-3,5-6,9-11H,4,8,12H2,(H,22,24,25). The van der Waals surface area contributed by atoms with Crippen LogP contribution in [-0.2, 0) is 6.54 Å². The van der Waals surface area contributed by atoms with Gasteiger partial charge in [0, 0.05) is 28.7 Å². The number of carbonyl (C=O) groups excluding carboxylic acids is 1. The first-order valence-electron chi connectivity index (χ1n) is 7.47. The van der Waals surface area contributed by atoms with Gasteiger partial charge in [-0.3, -0.25) is 10.1 Å². The zero-order valence-electron chi connectivity index (χ0n) is 13.2. The van der Waals surface area contributed by atoms with Crippen molar-refractivity contribution in [3.63, 3.8) is 0 Å². The van der Waals surface area contributed by atoms with Crippen LogP contribution in [0.4, 0.5) is 0 Å². The quantitative estimate of drug-likeness (QED) is 0.766. The van der Waals surface area contributed by atoms with E-state index < -0.39 is 5.91 Å². The molecule has 1 N–H and O–H groups in total. The SMILES string of the molecule is N#CCCN(Cc1ccccc1)C(=S)NC(=O)c1cc(Cl)cc(Cl)c1. The molecule has 0 aliphatic carbocycles. The highest BCUT2D eigenvalue weighted by atomic mass is 35.5. The zero-order valence-corrected chi connectivity index (χ0v) is 15.5. The van der Waals surface area contributed by atoms with Crippen LogP contribution in [0.15, 0.2) is 48.5 Å². The fraction of sp³-hybridized carbons (Fsp3) is 0.167. The van der Waals surface area contributed by atoms with Crippen LogP contribution in [0.3, 0.4) is 0 Å². The van der Waals surface area contributed by atoms with Crippen molar-refractivity contribution in [2.75, 3.05) is 6.54 Å². The molecule has 2 rings (SSSR count). The number of nitrogens with one attached hydrogen (secondary N) is 1. The van der Waals surface area contributed by atoms with Gasteiger partial charge in [0.1, 0.15) is 0 Å². The van der Waals surface area contributed by atoms with Crippen LogP contribution in [0.1, 0.15) is 22.3 Å². The molecule has 128 valence electrons. The Morgan fingerprint density at radius 1 is 1.16 bits per heavy atom. The van der Waals surface area contributed by atoms with Crippen molar-refractivity contribution in [1.82, 2.24) is 10.2 Å². The van der Waals surface area contributed by atoms with Gasteiger partial charge in [-0.1, -0.05) is 53.5 Å². The molecule has 0 atom stereocenters. The molecule has 0 saturated heterocycles. The van der Waals surface area contributed by atoms with Crippen molar-refractivity contribution in [3.05, 3.63) is 69.7 Å². The third-order valence-electron chi connectivity index (χ3n) is 3.34. The van der Waals surface area contributed by atoms with Crippen LogP contribution in [0.2, 0.25) is 10.0 Å². The molecule has 0 radical (unpaired) electrons. The molecule has 7 heteroatoms. The summed E-state index contributed by atoms with van der Waals surface area (Å²) in [6, 6.07) is 16.4. The van der Waals surface area contributed by atoms with Gasteiger partial charge in [0.05, 0.1) is 12.5 Å². The van der Waals surface area contributed by atoms with E-state index in [1.165, 1.54) is 12.1 Å². The molecule has 0 aliphatic heterocycles. The number of rotatable bonds is 5. The van der Waals surface area contributed by atoms with Gasteiger partial charge in [0.2, 0.25) is 0 Å². The number of nitrogens with zero attached hydrogens (tertiary/aromatic N) is 2. The van der Waals surface area contributed by atoms with Crippen molar-refractivity contribution < 1.29 is 4.79 Å². The molecular formula is C18H15Cl2N3OS. The lowest BCUT2D eigenvalue weighted by molar-refractivity contribution is 0.0973. The van der Waals surface area contributed by atoms with Gasteiger partial charge in [-0.15, -0.1) is 0 Å². The Balaban J connectivity index is 2.10. The minimum Gasteiger partial charge on any atom is -0.344 e. The number of thiocarbonyl (C=S) groups is 1. The molecule has 0 bridgehead atoms. The first kappa shape index (κ1) is 19.2. The van der Waals surface area contributed by atoms with Crippen molar-refractivity contribution in [1.29, 1.82) is 5.26 Å². The van der Waals surface area contributed by atoms with E-state index >= 15 is 0 Å². The Morgan fingerprint density at radius 2 is 1.80 bits per heavy atom. The van der Waals surface area contributed by atoms with Crippen molar-refractivity contribution >= 4 is 46.4 Å². The Hall–Kier alpha value is -2.13. The molecule has 25 heavy (non-hydrogen) atoms. The van der Waals surface area contributed by atoms with Crippen molar-refractivity contribution in [2.24, 2.45) is 0 Å². The maximum atomic E-state index is 12.4. The molecule has 0 spiro atoms. The van der Waals surface area contributed by atoms with Crippen LogP contribution in [0.25, 0.3) is 0 Å². The summed E-state index contributed by atoms with van der Waals surface area (Å²) in [6.07, 6.45) is 0.297. The summed E-state index contributed by atoms with van der Waals surface area (Å²) >= 11 is 17.2. The number of hydrogen-bond acceptors (Lipinski definition) is 3. The normalized spacial score (nSPS) is 9.96. The lowest BCUT2D eigenvalue weighted by Crippen LogP contribution is -2.42. The van der Waals surface area contributed by atoms with E-state index in [2.05, 4.69) is 11.4 Å². The first-order valence-corrected chi connectivity index (χ1v) is 8.63. The van der Waals surface area contributed by atoms with E-state index in [1.807, 2.05) is 30.3 Å². The summed E-state index contributed by atoms with van der Waals surface area (Å²) in [5, 5.41) is 12.5. The van der Waals surface area contributed by atoms with Crippen LogP contribution >= 0.6 is 35.4 Å². The van der Waals surface area contributed by atoms with Gasteiger partial charge in [0.25, 0.3) is 5.91 Å². The Morgan fingerprint density at radius 3 is 2.40 bits per heavy atom. The predicted octanol–water partition coefficient (Wildman–Crippen LogP) is 4.42. The Labute approximate surface area is 162 Å². The zero-order chi connectivity index (χ0) is 18.2. The number of nitriles is 1. The van der Waals surface area contributed by atoms with E-state index in [4.69, 9.17) is 40.7 Å². The van der Waals surface area contributed by atoms with Crippen LogP contribution in [0, 0.1) is 11.3 Å². The number of benzene rings is 2. The van der Waals surface area contributed by atoms with E-state index in [0.29, 0.717) is 35.1 Å². The Bertz CT molecular complexity index is 785. The summed E-state index contributed by atoms with van der Waals surface area (Å²) in [5.74, 6) is -0.399. The minimum atomic E-state index is -0.399. The number of halogens is 2. The van der Waals surface area contributed by atoms with Gasteiger partial charge in [-0.05, 0) is 36.0 Å². The third-order valence-corrected chi connectivity index (χ3v) is 4.14. The van der Waals surface area contributed by atoms with Crippen LogP contribution in [0.5, 0.6) is 0 Å². The summed E-state index contributed by atoms with van der Waals surface area (Å²) in [7, 11) is 0. The molecular weight excluding hydrogens is 377 g/mol. The molecule has 2 aromatic carbocycles. The predicted molar refractivity (Wildman–Crippen MR) is 104 cm³/mol. The van der Waals surface area contributed by atoms with E-state index in [9.17, 15) is 4.79 Å². The molecule has 4 nitrogen and oxygen atoms in total. The molecule has 1 amide bonds. The van der Waals surface area contributed by atoms with E-state index in [1.54, 1.807) is 11.0 Å². The van der Waals surface area contributed by atoms with E-state index in [-0.39, 0.29) is 5.11 Å². The average molecular weight is 392 g/mol. The molecule has 0 unspecified atom stereocenters. The minimum absolute atomic E-state index is 0.250. The maximum absolute atomic E-state index is 12.4. The number of carbonyl (C=O) groups is 1. The fourth-order valence-corrected chi connectivity index (χ4v) is 2.95. The highest BCUT2D eigenvalue weighted by molar-refractivity contribution is 7.80. The van der Waals surface area contributed by atoms with Gasteiger partial charge in [-0.2, -0.15) is 5.26 Å². The number of hydrogen-bond donors (Lipinski definition) is 1. The highest BCUT2D eigenvalue weighted by Gasteiger charge is 2.15. The summed E-state index contributed by atoms with van der Waals surface area (Å²) < 4.78 is 0. The second kappa shape index (κ2) is 9.38. The van der Waals surface area contributed by atoms with Crippen LogP contribution < -0.4 is 5.32 Å². The molecule has 0 fully saturated rings. The average Bonchev–Trinajstić information content (AvgIpc) is 2.58. The first-order chi connectivity index (χ1) is 12.0. The monoisotopic (exact) mass is 391 g/mol. The fourth-order valence-electron chi connectivity index (χ4n) is 2.17. The second-order valence-corrected chi connectivity index (χ2v) is 6.49. The molecule has 2 aromatic rings. The lowest BCUT2D eigenvalue weighted by Gasteiger charge is -2.24. The summed E-state index contributed by atoms with van der Waals surface area (Å²) in [4.78, 5) is 14.2. The second-order valence-electron chi connectivity index (χ2n) is 5.23. The maximum Gasteiger partial charge on any atom is 0.257 e. The lowest BCUT2D eigenvalue weighted by atomic mass is 10.2. The third kappa shape index (κ3) is 6.02. The summed E-state index contributed by atoms with van der Waals surface area (Å²) in [6.45, 7) is 0.915. The highest BCUT2D eigenvalue weighted by Crippen LogP contribution is 2.19. The molecule has 0 heterocycles. The van der Waals surface area contributed by atoms with Gasteiger partial charge in [-0.25, -0.2) is 0 Å². The van der Waals surface area contributed by atoms with Gasteiger partial charge < -0.3 is 4.90 Å². The smallest absolute Gasteiger partial charge is 0.257 e. The molecule has 0 saturated carbocycles. The topological polar surface area (TPSA) is 56.1 Å². The van der Waals surface area contributed by atoms with E-state index in [0.717, 1.165) is 5.56 Å². The van der Waals surface area contributed by atoms with Crippen molar-refractivity contribution in [3.8, 4) is 6.07 Å². The molecule has 0 aromatic heterocycles. The van der Waals surface area contributed by atoms with Gasteiger partial charge in [0.15, 0.2) is 5.11 Å².